The van der Waals surface area contributed by atoms with Crippen LogP contribution >= 0.6 is 0 Å². The number of ether oxygens (including phenoxy) is 1. The van der Waals surface area contributed by atoms with Crippen LogP contribution in [-0.4, -0.2) is 36.6 Å². The number of hydrogen-bond donors (Lipinski definition) is 2. The van der Waals surface area contributed by atoms with E-state index in [2.05, 4.69) is 10.1 Å². The van der Waals surface area contributed by atoms with Crippen molar-refractivity contribution in [3.8, 4) is 0 Å². The van der Waals surface area contributed by atoms with E-state index in [1.165, 1.54) is 12.1 Å². The van der Waals surface area contributed by atoms with E-state index in [-0.39, 0.29) is 12.1 Å². The topological polar surface area (TPSA) is 75.6 Å². The Bertz CT molecular complexity index is 474. The molecule has 0 heterocycles. The molecule has 2 N–H and O–H groups in total. The fourth-order valence-electron chi connectivity index (χ4n) is 1.48. The van der Waals surface area contributed by atoms with Crippen LogP contribution in [0.2, 0.25) is 0 Å². The van der Waals surface area contributed by atoms with Gasteiger partial charge in [0.05, 0.1) is 0 Å². The van der Waals surface area contributed by atoms with E-state index in [0.717, 1.165) is 12.7 Å². The van der Waals surface area contributed by atoms with Gasteiger partial charge in [0, 0.05) is 19.2 Å². The average Bonchev–Trinajstić information content (AvgIpc) is 2.37. The summed E-state index contributed by atoms with van der Waals surface area (Å²) in [5, 5.41) is 10.6. The third-order valence-electron chi connectivity index (χ3n) is 2.50. The first-order valence-electron chi connectivity index (χ1n) is 5.84. The Morgan fingerprint density at radius 1 is 1.30 bits per heavy atom. The molecule has 0 aliphatic rings. The van der Waals surface area contributed by atoms with Crippen LogP contribution in [0.1, 0.15) is 12.0 Å². The number of nitrogens with one attached hydrogen (secondary N) is 1. The lowest BCUT2D eigenvalue weighted by molar-refractivity contribution is -0.146. The van der Waals surface area contributed by atoms with Crippen LogP contribution in [0.25, 0.3) is 0 Å². The Morgan fingerprint density at radius 3 is 2.40 bits per heavy atom. The van der Waals surface area contributed by atoms with Crippen LogP contribution in [0.3, 0.4) is 0 Å². The summed E-state index contributed by atoms with van der Waals surface area (Å²) in [6.45, 7) is -0.991. The molecule has 5 nitrogen and oxygen atoms in total. The van der Waals surface area contributed by atoms with Crippen LogP contribution in [0.15, 0.2) is 24.3 Å². The van der Waals surface area contributed by atoms with E-state index < -0.39 is 24.4 Å². The predicted molar refractivity (Wildman–Crippen MR) is 67.9 cm³/mol. The molecule has 1 aromatic carbocycles. The molecule has 0 atom stereocenters. The highest BCUT2D eigenvalue weighted by atomic mass is 19.3. The van der Waals surface area contributed by atoms with E-state index >= 15 is 0 Å². The summed E-state index contributed by atoms with van der Waals surface area (Å²) in [5.41, 5.74) is 0.957. The first kappa shape index (κ1) is 16.0. The minimum Gasteiger partial charge on any atom is -0.481 e. The smallest absolute Gasteiger partial charge is 0.347 e. The normalized spacial score (nSPS) is 11.2. The molecule has 1 rings (SSSR count). The van der Waals surface area contributed by atoms with Crippen LogP contribution in [0.4, 0.5) is 14.5 Å². The van der Waals surface area contributed by atoms with E-state index in [1.807, 2.05) is 0 Å². The summed E-state index contributed by atoms with van der Waals surface area (Å²) < 4.78 is 30.7. The Labute approximate surface area is 114 Å². The molecule has 0 fully saturated rings. The number of alkyl halides is 2. The van der Waals surface area contributed by atoms with Crippen molar-refractivity contribution in [2.75, 3.05) is 19.0 Å². The summed E-state index contributed by atoms with van der Waals surface area (Å²) in [4.78, 5) is 21.7. The number of carbonyl (C=O) groups is 2. The molecule has 0 unspecified atom stereocenters. The van der Waals surface area contributed by atoms with Crippen LogP contribution in [0, 0.1) is 0 Å². The lowest BCUT2D eigenvalue weighted by atomic mass is 10.1. The molecular weight excluding hydrogens is 272 g/mol. The second-order valence-electron chi connectivity index (χ2n) is 4.18. The lowest BCUT2D eigenvalue weighted by Gasteiger charge is -2.15. The maximum atomic E-state index is 13.2. The molecule has 1 amide bonds. The number of rotatable bonds is 7. The van der Waals surface area contributed by atoms with Crippen molar-refractivity contribution in [2.45, 2.75) is 18.8 Å². The van der Waals surface area contributed by atoms with Crippen molar-refractivity contribution >= 4 is 17.6 Å². The number of amides is 1. The minimum absolute atomic E-state index is 0.0163. The first-order chi connectivity index (χ1) is 9.35. The van der Waals surface area contributed by atoms with Crippen molar-refractivity contribution in [3.05, 3.63) is 29.8 Å². The number of methoxy groups -OCH3 is 1. The van der Waals surface area contributed by atoms with Gasteiger partial charge in [0.1, 0.15) is 6.61 Å². The van der Waals surface area contributed by atoms with Gasteiger partial charge in [-0.25, -0.2) is 0 Å². The highest BCUT2D eigenvalue weighted by molar-refractivity contribution is 5.96. The van der Waals surface area contributed by atoms with Gasteiger partial charge in [-0.15, -0.1) is 0 Å². The molecule has 110 valence electrons. The molecule has 20 heavy (non-hydrogen) atoms. The second-order valence-corrected chi connectivity index (χ2v) is 4.18. The quantitative estimate of drug-likeness (QED) is 0.803. The van der Waals surface area contributed by atoms with Gasteiger partial charge >= 0.3 is 11.9 Å². The van der Waals surface area contributed by atoms with E-state index in [4.69, 9.17) is 5.11 Å². The molecular formula is C13H15F2NO4. The maximum absolute atomic E-state index is 13.2. The van der Waals surface area contributed by atoms with E-state index in [0.29, 0.717) is 6.42 Å². The van der Waals surface area contributed by atoms with E-state index in [9.17, 15) is 18.4 Å². The number of halogens is 2. The van der Waals surface area contributed by atoms with Crippen molar-refractivity contribution in [1.82, 2.24) is 0 Å². The first-order valence-corrected chi connectivity index (χ1v) is 5.84. The van der Waals surface area contributed by atoms with Gasteiger partial charge in [0.2, 0.25) is 0 Å². The molecule has 0 bridgehead atoms. The molecule has 0 saturated heterocycles. The third kappa shape index (κ3) is 4.93. The number of carboxylic acids is 1. The average molecular weight is 287 g/mol. The molecule has 1 aromatic rings. The van der Waals surface area contributed by atoms with Gasteiger partial charge in [0.15, 0.2) is 0 Å². The Morgan fingerprint density at radius 2 is 1.90 bits per heavy atom. The van der Waals surface area contributed by atoms with Crippen molar-refractivity contribution < 1.29 is 28.2 Å². The summed E-state index contributed by atoms with van der Waals surface area (Å²) >= 11 is 0. The van der Waals surface area contributed by atoms with Gasteiger partial charge in [-0.1, -0.05) is 12.1 Å². The zero-order valence-corrected chi connectivity index (χ0v) is 10.9. The minimum atomic E-state index is -3.60. The predicted octanol–water partition coefficient (Wildman–Crippen LogP) is 1.92. The highest BCUT2D eigenvalue weighted by Crippen LogP contribution is 2.18. The van der Waals surface area contributed by atoms with Crippen LogP contribution < -0.4 is 5.32 Å². The van der Waals surface area contributed by atoms with Crippen molar-refractivity contribution in [1.29, 1.82) is 0 Å². The van der Waals surface area contributed by atoms with Gasteiger partial charge in [-0.3, -0.25) is 9.59 Å². The highest BCUT2D eigenvalue weighted by Gasteiger charge is 2.38. The standard InChI is InChI=1S/C13H15F2NO4/c1-20-8-13(14,15)12(19)16-10-5-2-9(3-6-10)4-7-11(17)18/h2-3,5-6H,4,7-8H2,1H3,(H,16,19)(H,17,18). The molecule has 0 aromatic heterocycles. The number of carboxylic acid groups (broad SMARTS) is 1. The second kappa shape index (κ2) is 6.95. The number of benzene rings is 1. The Hall–Kier alpha value is -2.02. The summed E-state index contributed by atoms with van der Waals surface area (Å²) in [6, 6.07) is 6.04. The van der Waals surface area contributed by atoms with Crippen molar-refractivity contribution in [2.24, 2.45) is 0 Å². The van der Waals surface area contributed by atoms with Gasteiger partial charge in [0.25, 0.3) is 5.91 Å². The molecule has 0 aliphatic heterocycles. The summed E-state index contributed by atoms with van der Waals surface area (Å²) in [5.74, 6) is -5.96. The Balaban J connectivity index is 2.61. The largest absolute Gasteiger partial charge is 0.481 e. The molecule has 0 radical (unpaired) electrons. The lowest BCUT2D eigenvalue weighted by Crippen LogP contribution is -2.38. The van der Waals surface area contributed by atoms with Gasteiger partial charge in [-0.05, 0) is 24.1 Å². The zero-order valence-electron chi connectivity index (χ0n) is 10.9. The molecule has 0 spiro atoms. The number of anilines is 1. The van der Waals surface area contributed by atoms with Crippen LogP contribution in [0.5, 0.6) is 0 Å². The fourth-order valence-corrected chi connectivity index (χ4v) is 1.48. The third-order valence-corrected chi connectivity index (χ3v) is 2.50. The number of carbonyl (C=O) groups excluding carboxylic acids is 1. The molecule has 0 saturated carbocycles. The Kier molecular flexibility index (Phi) is 5.57. The number of aliphatic carboxylic acids is 1. The number of hydrogen-bond acceptors (Lipinski definition) is 3. The van der Waals surface area contributed by atoms with Gasteiger partial charge < -0.3 is 15.2 Å². The molecule has 0 aliphatic carbocycles. The monoisotopic (exact) mass is 287 g/mol. The SMILES string of the molecule is COCC(F)(F)C(=O)Nc1ccc(CCC(=O)O)cc1. The van der Waals surface area contributed by atoms with Crippen molar-refractivity contribution in [3.63, 3.8) is 0 Å². The molecule has 7 heteroatoms. The maximum Gasteiger partial charge on any atom is 0.347 e. The summed E-state index contributed by atoms with van der Waals surface area (Å²) in [6.07, 6.45) is 0.320. The number of aryl methyl sites for hydroxylation is 1. The summed E-state index contributed by atoms with van der Waals surface area (Å²) in [7, 11) is 1.08. The fraction of sp³-hybridized carbons (Fsp3) is 0.385. The zero-order chi connectivity index (χ0) is 15.2. The van der Waals surface area contributed by atoms with Gasteiger partial charge in [-0.2, -0.15) is 8.78 Å². The van der Waals surface area contributed by atoms with Crippen LogP contribution in [-0.2, 0) is 20.7 Å². The van der Waals surface area contributed by atoms with E-state index in [1.54, 1.807) is 12.1 Å².